The van der Waals surface area contributed by atoms with E-state index in [1.165, 1.54) is 11.8 Å². The first-order valence-corrected chi connectivity index (χ1v) is 8.89. The Hall–Kier alpha value is -1.21. The van der Waals surface area contributed by atoms with Crippen LogP contribution in [0.5, 0.6) is 0 Å². The molecule has 19 heavy (non-hydrogen) atoms. The fourth-order valence-electron chi connectivity index (χ4n) is 1.75. The van der Waals surface area contributed by atoms with Crippen molar-refractivity contribution in [2.75, 3.05) is 23.0 Å². The first-order valence-electron chi connectivity index (χ1n) is 6.08. The van der Waals surface area contributed by atoms with E-state index in [4.69, 9.17) is 5.73 Å². The predicted octanol–water partition coefficient (Wildman–Crippen LogP) is 2.06. The number of thioether (sulfide) groups is 1. The number of benzene rings is 1. The van der Waals surface area contributed by atoms with Gasteiger partial charge in [-0.1, -0.05) is 18.7 Å². The number of fused-ring (bicyclic) bond motifs is 1. The molecule has 104 valence electrons. The molecular formula is C12H17N3O2S2. The number of nitrogen functional groups attached to an aromatic ring is 1. The number of nitrogens with two attached hydrogens (primary N) is 1. The Labute approximate surface area is 116 Å². The van der Waals surface area contributed by atoms with Crippen molar-refractivity contribution >= 4 is 38.3 Å². The van der Waals surface area contributed by atoms with Crippen LogP contribution in [0.4, 0.5) is 5.69 Å². The number of nitrogens with zero attached hydrogens (tertiary/aromatic N) is 1. The lowest BCUT2D eigenvalue weighted by molar-refractivity contribution is 0.596. The maximum Gasteiger partial charge on any atom is 0.166 e. The van der Waals surface area contributed by atoms with Crippen LogP contribution in [0.25, 0.3) is 11.0 Å². The van der Waals surface area contributed by atoms with E-state index in [-0.39, 0.29) is 11.5 Å². The number of sulfone groups is 1. The zero-order valence-electron chi connectivity index (χ0n) is 10.7. The summed E-state index contributed by atoms with van der Waals surface area (Å²) in [4.78, 5) is 7.51. The highest BCUT2D eigenvalue weighted by Crippen LogP contribution is 2.21. The molecule has 0 spiro atoms. The third-order valence-electron chi connectivity index (χ3n) is 2.63. The summed E-state index contributed by atoms with van der Waals surface area (Å²) < 4.78 is 23.2. The molecule has 0 fully saturated rings. The van der Waals surface area contributed by atoms with E-state index in [0.717, 1.165) is 16.2 Å². The number of nitrogens with one attached hydrogen (secondary N) is 1. The van der Waals surface area contributed by atoms with E-state index >= 15 is 0 Å². The molecule has 1 aromatic heterocycles. The molecule has 0 saturated carbocycles. The maximum absolute atomic E-state index is 11.6. The highest BCUT2D eigenvalue weighted by atomic mass is 32.2. The Balaban J connectivity index is 1.99. The monoisotopic (exact) mass is 299 g/mol. The summed E-state index contributed by atoms with van der Waals surface area (Å²) in [7, 11) is -2.92. The molecule has 0 aliphatic carbocycles. The second-order valence-electron chi connectivity index (χ2n) is 4.32. The lowest BCUT2D eigenvalue weighted by atomic mass is 10.3. The van der Waals surface area contributed by atoms with Gasteiger partial charge in [-0.05, 0) is 24.6 Å². The van der Waals surface area contributed by atoms with E-state index in [1.807, 2.05) is 19.1 Å². The summed E-state index contributed by atoms with van der Waals surface area (Å²) in [6, 6.07) is 5.46. The lowest BCUT2D eigenvalue weighted by Gasteiger charge is -2.00. The van der Waals surface area contributed by atoms with E-state index in [0.29, 0.717) is 17.9 Å². The topological polar surface area (TPSA) is 88.8 Å². The molecule has 7 heteroatoms. The van der Waals surface area contributed by atoms with Crippen LogP contribution in [0.3, 0.4) is 0 Å². The summed E-state index contributed by atoms with van der Waals surface area (Å²) in [5, 5.41) is 0.729. The van der Waals surface area contributed by atoms with Gasteiger partial charge in [0.05, 0.1) is 16.8 Å². The molecule has 0 amide bonds. The van der Waals surface area contributed by atoms with Crippen LogP contribution < -0.4 is 5.73 Å². The number of imidazole rings is 1. The summed E-state index contributed by atoms with van der Waals surface area (Å²) in [5.74, 6) is 0.951. The molecule has 0 saturated heterocycles. The van der Waals surface area contributed by atoms with Gasteiger partial charge in [-0.15, -0.1) is 0 Å². The van der Waals surface area contributed by atoms with Crippen LogP contribution >= 0.6 is 11.8 Å². The molecule has 0 unspecified atom stereocenters. The van der Waals surface area contributed by atoms with Crippen molar-refractivity contribution in [2.24, 2.45) is 0 Å². The fraction of sp³-hybridized carbons (Fsp3) is 0.417. The van der Waals surface area contributed by atoms with E-state index in [9.17, 15) is 8.42 Å². The minimum atomic E-state index is -2.92. The van der Waals surface area contributed by atoms with Gasteiger partial charge in [0, 0.05) is 17.2 Å². The van der Waals surface area contributed by atoms with Crippen molar-refractivity contribution in [1.82, 2.24) is 9.97 Å². The van der Waals surface area contributed by atoms with E-state index in [2.05, 4.69) is 9.97 Å². The van der Waals surface area contributed by atoms with Crippen LogP contribution in [-0.4, -0.2) is 35.6 Å². The Kier molecular flexibility index (Phi) is 4.36. The molecule has 5 nitrogen and oxygen atoms in total. The van der Waals surface area contributed by atoms with Crippen molar-refractivity contribution in [1.29, 1.82) is 0 Å². The number of rotatable bonds is 6. The number of hydrogen-bond acceptors (Lipinski definition) is 5. The first-order chi connectivity index (χ1) is 9.00. The second-order valence-corrected chi connectivity index (χ2v) is 7.71. The minimum Gasteiger partial charge on any atom is -0.399 e. The summed E-state index contributed by atoms with van der Waals surface area (Å²) in [6.07, 6.45) is 0.664. The van der Waals surface area contributed by atoms with Crippen LogP contribution in [0.15, 0.2) is 23.4 Å². The highest BCUT2D eigenvalue weighted by Gasteiger charge is 2.10. The average Bonchev–Trinajstić information content (AvgIpc) is 2.70. The van der Waals surface area contributed by atoms with E-state index < -0.39 is 9.84 Å². The Morgan fingerprint density at radius 3 is 2.89 bits per heavy atom. The lowest BCUT2D eigenvalue weighted by Crippen LogP contribution is -2.12. The number of anilines is 1. The molecule has 1 aromatic carbocycles. The zero-order chi connectivity index (χ0) is 13.9. The van der Waals surface area contributed by atoms with Crippen LogP contribution in [0.2, 0.25) is 0 Å². The van der Waals surface area contributed by atoms with Gasteiger partial charge in [0.15, 0.2) is 15.0 Å². The van der Waals surface area contributed by atoms with Crippen LogP contribution in [-0.2, 0) is 9.84 Å². The quantitative estimate of drug-likeness (QED) is 0.629. The third-order valence-corrected chi connectivity index (χ3v) is 5.62. The van der Waals surface area contributed by atoms with Gasteiger partial charge < -0.3 is 10.7 Å². The van der Waals surface area contributed by atoms with Crippen LogP contribution in [0.1, 0.15) is 13.3 Å². The Bertz CT molecular complexity index is 665. The number of aromatic amines is 1. The van der Waals surface area contributed by atoms with Gasteiger partial charge >= 0.3 is 0 Å². The fourth-order valence-corrected chi connectivity index (χ4v) is 4.46. The maximum atomic E-state index is 11.6. The van der Waals surface area contributed by atoms with Crippen molar-refractivity contribution < 1.29 is 8.42 Å². The van der Waals surface area contributed by atoms with Gasteiger partial charge in [-0.2, -0.15) is 0 Å². The Morgan fingerprint density at radius 2 is 2.16 bits per heavy atom. The first kappa shape index (κ1) is 14.2. The number of H-pyrrole nitrogens is 1. The Morgan fingerprint density at radius 1 is 1.37 bits per heavy atom. The summed E-state index contributed by atoms with van der Waals surface area (Å²) >= 11 is 1.42. The van der Waals surface area contributed by atoms with Gasteiger partial charge in [-0.3, -0.25) is 0 Å². The standard InChI is InChI=1S/C12H17N3O2S2/c1-2-6-19(16,17)7-5-18-12-14-10-4-3-9(13)8-11(10)15-12/h3-4,8H,2,5-7,13H2,1H3,(H,14,15). The van der Waals surface area contributed by atoms with Crippen LogP contribution in [0, 0.1) is 0 Å². The third kappa shape index (κ3) is 3.87. The van der Waals surface area contributed by atoms with Gasteiger partial charge in [-0.25, -0.2) is 13.4 Å². The SMILES string of the molecule is CCCS(=O)(=O)CCSc1nc2ccc(N)cc2[nH]1. The van der Waals surface area contributed by atoms with Crippen molar-refractivity contribution in [2.45, 2.75) is 18.5 Å². The van der Waals surface area contributed by atoms with Gasteiger partial charge in [0.2, 0.25) is 0 Å². The molecule has 0 radical (unpaired) electrons. The van der Waals surface area contributed by atoms with Crippen molar-refractivity contribution in [3.8, 4) is 0 Å². The molecule has 0 aliphatic heterocycles. The second kappa shape index (κ2) is 5.83. The van der Waals surface area contributed by atoms with E-state index in [1.54, 1.807) is 6.07 Å². The minimum absolute atomic E-state index is 0.185. The largest absolute Gasteiger partial charge is 0.399 e. The van der Waals surface area contributed by atoms with Crippen molar-refractivity contribution in [3.05, 3.63) is 18.2 Å². The number of hydrogen-bond donors (Lipinski definition) is 2. The summed E-state index contributed by atoms with van der Waals surface area (Å²) in [5.41, 5.74) is 8.08. The van der Waals surface area contributed by atoms with Gasteiger partial charge in [0.1, 0.15) is 0 Å². The molecule has 0 bridgehead atoms. The average molecular weight is 299 g/mol. The zero-order valence-corrected chi connectivity index (χ0v) is 12.4. The summed E-state index contributed by atoms with van der Waals surface area (Å²) in [6.45, 7) is 1.87. The highest BCUT2D eigenvalue weighted by molar-refractivity contribution is 8.00. The molecule has 0 atom stereocenters. The molecule has 0 aliphatic rings. The predicted molar refractivity (Wildman–Crippen MR) is 80.2 cm³/mol. The van der Waals surface area contributed by atoms with Gasteiger partial charge in [0.25, 0.3) is 0 Å². The normalized spacial score (nSPS) is 12.1. The smallest absolute Gasteiger partial charge is 0.166 e. The molecular weight excluding hydrogens is 282 g/mol. The molecule has 2 aromatic rings. The number of aromatic nitrogens is 2. The molecule has 3 N–H and O–H groups in total. The van der Waals surface area contributed by atoms with Crippen molar-refractivity contribution in [3.63, 3.8) is 0 Å². The molecule has 1 heterocycles. The molecule has 2 rings (SSSR count).